The van der Waals surface area contributed by atoms with Crippen LogP contribution in [0.3, 0.4) is 0 Å². The molecule has 1 atom stereocenters. The zero-order valence-electron chi connectivity index (χ0n) is 8.24. The topological polar surface area (TPSA) is 43.3 Å². The number of imidazole rings is 1. The predicted molar refractivity (Wildman–Crippen MR) is 55.4 cm³/mol. The standard InChI is InChI=1S/C9H10F3N3S/c10-9(11,12)4-6(13)3-7-5-15-1-2-16-8(15)14-7/h1-2,5-6H,3-4,13H2. The second-order valence-corrected chi connectivity index (χ2v) is 4.48. The van der Waals surface area contributed by atoms with Gasteiger partial charge in [-0.25, -0.2) is 4.98 Å². The lowest BCUT2D eigenvalue weighted by Gasteiger charge is -2.12. The number of thiazole rings is 1. The van der Waals surface area contributed by atoms with Gasteiger partial charge in [0, 0.05) is 30.2 Å². The fraction of sp³-hybridized carbons (Fsp3) is 0.444. The summed E-state index contributed by atoms with van der Waals surface area (Å²) in [6.07, 6.45) is -1.52. The molecule has 7 heteroatoms. The van der Waals surface area contributed by atoms with Crippen LogP contribution in [0.2, 0.25) is 0 Å². The SMILES string of the molecule is NC(Cc1cn2ccsc2n1)CC(F)(F)F. The molecule has 1 unspecified atom stereocenters. The minimum Gasteiger partial charge on any atom is -0.327 e. The van der Waals surface area contributed by atoms with E-state index in [0.29, 0.717) is 5.69 Å². The molecule has 0 aliphatic heterocycles. The monoisotopic (exact) mass is 249 g/mol. The first-order chi connectivity index (χ1) is 7.44. The summed E-state index contributed by atoms with van der Waals surface area (Å²) in [5, 5.41) is 1.86. The van der Waals surface area contributed by atoms with E-state index in [9.17, 15) is 13.2 Å². The Bertz CT molecular complexity index is 445. The maximum absolute atomic E-state index is 12.0. The van der Waals surface area contributed by atoms with Gasteiger partial charge in [-0.2, -0.15) is 13.2 Å². The van der Waals surface area contributed by atoms with Crippen molar-refractivity contribution in [2.75, 3.05) is 0 Å². The van der Waals surface area contributed by atoms with E-state index in [-0.39, 0.29) is 6.42 Å². The predicted octanol–water partition coefficient (Wildman–Crippen LogP) is 2.22. The summed E-state index contributed by atoms with van der Waals surface area (Å²) in [6.45, 7) is 0. The number of halogens is 3. The third-order valence-electron chi connectivity index (χ3n) is 2.11. The average molecular weight is 249 g/mol. The Kier molecular flexibility index (Phi) is 2.90. The number of alkyl halides is 3. The molecule has 2 aromatic rings. The van der Waals surface area contributed by atoms with Crippen LogP contribution in [0.1, 0.15) is 12.1 Å². The molecule has 0 saturated heterocycles. The van der Waals surface area contributed by atoms with Crippen LogP contribution in [0.5, 0.6) is 0 Å². The molecule has 2 rings (SSSR count). The highest BCUT2D eigenvalue weighted by Crippen LogP contribution is 2.22. The van der Waals surface area contributed by atoms with Crippen LogP contribution in [0, 0.1) is 0 Å². The molecule has 0 aliphatic rings. The van der Waals surface area contributed by atoms with Crippen molar-refractivity contribution < 1.29 is 13.2 Å². The van der Waals surface area contributed by atoms with Gasteiger partial charge in [-0.15, -0.1) is 11.3 Å². The molecule has 2 heterocycles. The molecule has 0 spiro atoms. The number of nitrogens with two attached hydrogens (primary N) is 1. The number of aromatic nitrogens is 2. The summed E-state index contributed by atoms with van der Waals surface area (Å²) >= 11 is 1.44. The minimum atomic E-state index is -4.21. The summed E-state index contributed by atoms with van der Waals surface area (Å²) in [4.78, 5) is 4.95. The van der Waals surface area contributed by atoms with Crippen molar-refractivity contribution in [2.24, 2.45) is 5.73 Å². The molecule has 0 saturated carbocycles. The van der Waals surface area contributed by atoms with Crippen molar-refractivity contribution >= 4 is 16.3 Å². The van der Waals surface area contributed by atoms with Crippen LogP contribution in [0.4, 0.5) is 13.2 Å². The van der Waals surface area contributed by atoms with Crippen LogP contribution in [-0.2, 0) is 6.42 Å². The van der Waals surface area contributed by atoms with Crippen molar-refractivity contribution in [1.29, 1.82) is 0 Å². The van der Waals surface area contributed by atoms with Crippen molar-refractivity contribution in [3.63, 3.8) is 0 Å². The minimum absolute atomic E-state index is 0.147. The summed E-state index contributed by atoms with van der Waals surface area (Å²) in [5.74, 6) is 0. The van der Waals surface area contributed by atoms with E-state index in [4.69, 9.17) is 5.73 Å². The van der Waals surface area contributed by atoms with Gasteiger partial charge in [0.15, 0.2) is 4.96 Å². The fourth-order valence-electron chi connectivity index (χ4n) is 1.51. The Morgan fingerprint density at radius 1 is 1.50 bits per heavy atom. The molecule has 2 aromatic heterocycles. The van der Waals surface area contributed by atoms with Gasteiger partial charge in [0.1, 0.15) is 0 Å². The number of hydrogen-bond acceptors (Lipinski definition) is 3. The molecule has 0 fully saturated rings. The zero-order chi connectivity index (χ0) is 11.8. The fourth-order valence-corrected chi connectivity index (χ4v) is 2.23. The van der Waals surface area contributed by atoms with E-state index in [0.717, 1.165) is 4.96 Å². The first-order valence-electron chi connectivity index (χ1n) is 4.67. The number of nitrogens with zero attached hydrogens (tertiary/aromatic N) is 2. The van der Waals surface area contributed by atoms with Crippen molar-refractivity contribution in [3.8, 4) is 0 Å². The maximum atomic E-state index is 12.0. The highest BCUT2D eigenvalue weighted by Gasteiger charge is 2.30. The van der Waals surface area contributed by atoms with Gasteiger partial charge in [0.2, 0.25) is 0 Å². The first-order valence-corrected chi connectivity index (χ1v) is 5.55. The Morgan fingerprint density at radius 2 is 2.25 bits per heavy atom. The normalized spacial score (nSPS) is 14.5. The van der Waals surface area contributed by atoms with E-state index >= 15 is 0 Å². The molecular formula is C9H10F3N3S. The molecule has 3 nitrogen and oxygen atoms in total. The molecule has 0 radical (unpaired) electrons. The highest BCUT2D eigenvalue weighted by atomic mass is 32.1. The third kappa shape index (κ3) is 2.73. The lowest BCUT2D eigenvalue weighted by atomic mass is 10.1. The second-order valence-electron chi connectivity index (χ2n) is 3.61. The first kappa shape index (κ1) is 11.4. The maximum Gasteiger partial charge on any atom is 0.390 e. The highest BCUT2D eigenvalue weighted by molar-refractivity contribution is 7.15. The Labute approximate surface area is 93.7 Å². The third-order valence-corrected chi connectivity index (χ3v) is 2.88. The smallest absolute Gasteiger partial charge is 0.327 e. The van der Waals surface area contributed by atoms with Gasteiger partial charge < -0.3 is 5.73 Å². The summed E-state index contributed by atoms with van der Waals surface area (Å²) in [6, 6.07) is -0.926. The van der Waals surface area contributed by atoms with E-state index in [1.165, 1.54) is 11.3 Å². The Morgan fingerprint density at radius 3 is 2.88 bits per heavy atom. The van der Waals surface area contributed by atoms with Gasteiger partial charge in [-0.1, -0.05) is 0 Å². The van der Waals surface area contributed by atoms with Gasteiger partial charge in [-0.3, -0.25) is 4.40 Å². The molecule has 2 N–H and O–H groups in total. The van der Waals surface area contributed by atoms with Crippen LogP contribution in [-0.4, -0.2) is 21.6 Å². The van der Waals surface area contributed by atoms with E-state index in [1.54, 1.807) is 10.6 Å². The number of rotatable bonds is 3. The molecule has 0 bridgehead atoms. The van der Waals surface area contributed by atoms with E-state index < -0.39 is 18.6 Å². The van der Waals surface area contributed by atoms with Crippen LogP contribution in [0.15, 0.2) is 17.8 Å². The summed E-state index contributed by atoms with van der Waals surface area (Å²) in [5.41, 5.74) is 6.02. The van der Waals surface area contributed by atoms with E-state index in [1.807, 2.05) is 11.6 Å². The molecule has 88 valence electrons. The van der Waals surface area contributed by atoms with Crippen LogP contribution in [0.25, 0.3) is 4.96 Å². The molecule has 0 aromatic carbocycles. The van der Waals surface area contributed by atoms with Crippen LogP contribution < -0.4 is 5.73 Å². The summed E-state index contributed by atoms with van der Waals surface area (Å²) in [7, 11) is 0. The van der Waals surface area contributed by atoms with Gasteiger partial charge in [0.25, 0.3) is 0 Å². The molecule has 0 aliphatic carbocycles. The molecule has 0 amide bonds. The lowest BCUT2D eigenvalue weighted by Crippen LogP contribution is -2.29. The van der Waals surface area contributed by atoms with Gasteiger partial charge >= 0.3 is 6.18 Å². The van der Waals surface area contributed by atoms with Crippen molar-refractivity contribution in [3.05, 3.63) is 23.5 Å². The van der Waals surface area contributed by atoms with Gasteiger partial charge in [-0.05, 0) is 0 Å². The lowest BCUT2D eigenvalue weighted by molar-refractivity contribution is -0.138. The average Bonchev–Trinajstić information content (AvgIpc) is 2.58. The summed E-state index contributed by atoms with van der Waals surface area (Å²) < 4.78 is 37.9. The molecule has 16 heavy (non-hydrogen) atoms. The zero-order valence-corrected chi connectivity index (χ0v) is 9.05. The largest absolute Gasteiger partial charge is 0.390 e. The Balaban J connectivity index is 2.02. The van der Waals surface area contributed by atoms with E-state index in [2.05, 4.69) is 4.98 Å². The van der Waals surface area contributed by atoms with Crippen molar-refractivity contribution in [2.45, 2.75) is 25.1 Å². The quantitative estimate of drug-likeness (QED) is 0.906. The second kappa shape index (κ2) is 4.06. The van der Waals surface area contributed by atoms with Crippen molar-refractivity contribution in [1.82, 2.24) is 9.38 Å². The Hall–Kier alpha value is -1.08. The van der Waals surface area contributed by atoms with Gasteiger partial charge in [0.05, 0.1) is 12.1 Å². The number of fused-ring (bicyclic) bond motifs is 1. The molecular weight excluding hydrogens is 239 g/mol. The number of hydrogen-bond donors (Lipinski definition) is 1. The van der Waals surface area contributed by atoms with Crippen LogP contribution >= 0.6 is 11.3 Å².